The number of alkyl halides is 3. The minimum Gasteiger partial charge on any atom is -0.372 e. The van der Waals surface area contributed by atoms with Crippen molar-refractivity contribution in [2.24, 2.45) is 0 Å². The molecule has 0 atom stereocenters. The smallest absolute Gasteiger partial charge is 0.372 e. The maximum atomic E-state index is 12.7. The number of rotatable bonds is 3. The van der Waals surface area contributed by atoms with Crippen LogP contribution in [0.1, 0.15) is 22.6 Å². The lowest BCUT2D eigenvalue weighted by atomic mass is 10.1. The fourth-order valence-electron chi connectivity index (χ4n) is 1.90. The number of benzene rings is 1. The molecule has 2 rings (SSSR count). The van der Waals surface area contributed by atoms with E-state index in [2.05, 4.69) is 37.9 Å². The Hall–Kier alpha value is -1.38. The molecule has 3 nitrogen and oxygen atoms in total. The van der Waals surface area contributed by atoms with Gasteiger partial charge in [-0.25, -0.2) is 9.97 Å². The molecule has 2 aromatic rings. The molecule has 0 saturated carbocycles. The van der Waals surface area contributed by atoms with E-state index in [1.54, 1.807) is 13.1 Å². The molecule has 1 heterocycles. The van der Waals surface area contributed by atoms with Crippen molar-refractivity contribution in [2.75, 3.05) is 12.4 Å². The van der Waals surface area contributed by atoms with E-state index < -0.39 is 11.7 Å². The van der Waals surface area contributed by atoms with Gasteiger partial charge in [-0.05, 0) is 41.1 Å². The molecule has 0 aliphatic heterocycles. The van der Waals surface area contributed by atoms with Crippen LogP contribution in [0, 0.1) is 10.5 Å². The van der Waals surface area contributed by atoms with Crippen molar-refractivity contribution in [1.82, 2.24) is 9.97 Å². The Kier molecular flexibility index (Phi) is 4.70. The second kappa shape index (κ2) is 6.17. The highest BCUT2D eigenvalue weighted by Crippen LogP contribution is 2.30. The maximum Gasteiger partial charge on any atom is 0.416 e. The van der Waals surface area contributed by atoms with Gasteiger partial charge >= 0.3 is 6.18 Å². The molecule has 112 valence electrons. The number of hydrogen-bond acceptors (Lipinski definition) is 3. The van der Waals surface area contributed by atoms with Crippen molar-refractivity contribution in [1.29, 1.82) is 0 Å². The summed E-state index contributed by atoms with van der Waals surface area (Å²) in [6.07, 6.45) is -4.08. The lowest BCUT2D eigenvalue weighted by molar-refractivity contribution is -0.137. The van der Waals surface area contributed by atoms with Gasteiger partial charge in [-0.15, -0.1) is 0 Å². The Balaban J connectivity index is 2.32. The van der Waals surface area contributed by atoms with E-state index in [1.807, 2.05) is 6.92 Å². The molecule has 0 aliphatic carbocycles. The fourth-order valence-corrected chi connectivity index (χ4v) is 2.41. The van der Waals surface area contributed by atoms with E-state index in [1.165, 1.54) is 6.07 Å². The molecule has 1 aromatic heterocycles. The predicted octanol–water partition coefficient (Wildman–Crippen LogP) is 4.04. The average molecular weight is 407 g/mol. The maximum absolute atomic E-state index is 12.7. The summed E-state index contributed by atoms with van der Waals surface area (Å²) >= 11 is 2.13. The lowest BCUT2D eigenvalue weighted by Crippen LogP contribution is -2.08. The molecule has 7 heteroatoms. The van der Waals surface area contributed by atoms with Gasteiger partial charge in [-0.1, -0.05) is 18.2 Å². The van der Waals surface area contributed by atoms with Crippen LogP contribution in [0.5, 0.6) is 0 Å². The van der Waals surface area contributed by atoms with Gasteiger partial charge in [-0.2, -0.15) is 13.2 Å². The first-order chi connectivity index (χ1) is 9.81. The van der Waals surface area contributed by atoms with Crippen LogP contribution < -0.4 is 5.32 Å². The number of aryl methyl sites for hydroxylation is 1. The van der Waals surface area contributed by atoms with E-state index in [9.17, 15) is 13.2 Å². The van der Waals surface area contributed by atoms with Crippen molar-refractivity contribution in [3.05, 3.63) is 50.5 Å². The van der Waals surface area contributed by atoms with Crippen LogP contribution in [0.15, 0.2) is 24.3 Å². The SMILES string of the molecule is CNc1nc(Cc2cccc(C(F)(F)F)c2)nc(C)c1I. The third kappa shape index (κ3) is 3.84. The van der Waals surface area contributed by atoms with Crippen LogP contribution in [0.4, 0.5) is 19.0 Å². The Morgan fingerprint density at radius 2 is 1.95 bits per heavy atom. The Labute approximate surface area is 134 Å². The zero-order valence-corrected chi connectivity index (χ0v) is 13.6. The molecule has 0 spiro atoms. The molecule has 0 bridgehead atoms. The molecule has 0 aliphatic rings. The molecule has 0 radical (unpaired) electrons. The summed E-state index contributed by atoms with van der Waals surface area (Å²) in [5, 5.41) is 2.96. The highest BCUT2D eigenvalue weighted by atomic mass is 127. The first-order valence-corrected chi connectivity index (χ1v) is 7.26. The zero-order chi connectivity index (χ0) is 15.6. The van der Waals surface area contributed by atoms with E-state index in [-0.39, 0.29) is 6.42 Å². The summed E-state index contributed by atoms with van der Waals surface area (Å²) in [5.41, 5.74) is 0.681. The second-order valence-electron chi connectivity index (χ2n) is 4.51. The summed E-state index contributed by atoms with van der Waals surface area (Å²) in [6.45, 7) is 1.85. The van der Waals surface area contributed by atoms with Crippen LogP contribution >= 0.6 is 22.6 Å². The van der Waals surface area contributed by atoms with E-state index in [0.29, 0.717) is 17.2 Å². The van der Waals surface area contributed by atoms with Gasteiger partial charge < -0.3 is 5.32 Å². The van der Waals surface area contributed by atoms with Crippen molar-refractivity contribution >= 4 is 28.4 Å². The lowest BCUT2D eigenvalue weighted by Gasteiger charge is -2.10. The van der Waals surface area contributed by atoms with Gasteiger partial charge in [0, 0.05) is 13.5 Å². The highest BCUT2D eigenvalue weighted by molar-refractivity contribution is 14.1. The molecular formula is C14H13F3IN3. The van der Waals surface area contributed by atoms with Crippen molar-refractivity contribution in [3.63, 3.8) is 0 Å². The number of hydrogen-bond donors (Lipinski definition) is 1. The minimum absolute atomic E-state index is 0.260. The topological polar surface area (TPSA) is 37.8 Å². The van der Waals surface area contributed by atoms with Gasteiger partial charge in [0.05, 0.1) is 14.8 Å². The van der Waals surface area contributed by atoms with Crippen LogP contribution in [-0.2, 0) is 12.6 Å². The van der Waals surface area contributed by atoms with E-state index in [0.717, 1.165) is 21.4 Å². The monoisotopic (exact) mass is 407 g/mol. The molecule has 0 unspecified atom stereocenters. The Bertz CT molecular complexity index is 656. The quantitative estimate of drug-likeness (QED) is 0.781. The number of anilines is 1. The molecular weight excluding hydrogens is 394 g/mol. The van der Waals surface area contributed by atoms with Crippen molar-refractivity contribution in [3.8, 4) is 0 Å². The van der Waals surface area contributed by atoms with Crippen molar-refractivity contribution < 1.29 is 13.2 Å². The molecule has 1 N–H and O–H groups in total. The van der Waals surface area contributed by atoms with Gasteiger partial charge in [0.1, 0.15) is 11.6 Å². The predicted molar refractivity (Wildman–Crippen MR) is 83.3 cm³/mol. The molecule has 1 aromatic carbocycles. The summed E-state index contributed by atoms with van der Waals surface area (Å²) in [5.74, 6) is 1.18. The summed E-state index contributed by atoms with van der Waals surface area (Å²) < 4.78 is 39.0. The van der Waals surface area contributed by atoms with Gasteiger partial charge in [0.15, 0.2) is 0 Å². The third-order valence-electron chi connectivity index (χ3n) is 2.92. The molecule has 0 fully saturated rings. The molecule has 21 heavy (non-hydrogen) atoms. The first kappa shape index (κ1) is 16.0. The molecule has 0 amide bonds. The average Bonchev–Trinajstić information content (AvgIpc) is 2.42. The first-order valence-electron chi connectivity index (χ1n) is 6.18. The number of nitrogens with one attached hydrogen (secondary N) is 1. The van der Waals surface area contributed by atoms with Gasteiger partial charge in [0.2, 0.25) is 0 Å². The normalized spacial score (nSPS) is 11.5. The van der Waals surface area contributed by atoms with Crippen LogP contribution in [-0.4, -0.2) is 17.0 Å². The van der Waals surface area contributed by atoms with Gasteiger partial charge in [-0.3, -0.25) is 0 Å². The summed E-state index contributed by atoms with van der Waals surface area (Å²) in [7, 11) is 1.75. The summed E-state index contributed by atoms with van der Waals surface area (Å²) in [6, 6.07) is 5.24. The van der Waals surface area contributed by atoms with Crippen molar-refractivity contribution in [2.45, 2.75) is 19.5 Å². The second-order valence-corrected chi connectivity index (χ2v) is 5.59. The number of nitrogens with zero attached hydrogens (tertiary/aromatic N) is 2. The van der Waals surface area contributed by atoms with Crippen LogP contribution in [0.3, 0.4) is 0 Å². The van der Waals surface area contributed by atoms with Gasteiger partial charge in [0.25, 0.3) is 0 Å². The standard InChI is InChI=1S/C14H13F3IN3/c1-8-12(18)13(19-2)21-11(20-8)7-9-4-3-5-10(6-9)14(15,16)17/h3-6H,7H2,1-2H3,(H,19,20,21). The van der Waals surface area contributed by atoms with E-state index >= 15 is 0 Å². The molecule has 0 saturated heterocycles. The minimum atomic E-state index is -4.34. The highest BCUT2D eigenvalue weighted by Gasteiger charge is 2.30. The number of aromatic nitrogens is 2. The zero-order valence-electron chi connectivity index (χ0n) is 11.4. The van der Waals surface area contributed by atoms with Crippen LogP contribution in [0.2, 0.25) is 0 Å². The number of halogens is 4. The fraction of sp³-hybridized carbons (Fsp3) is 0.286. The third-order valence-corrected chi connectivity index (χ3v) is 4.21. The van der Waals surface area contributed by atoms with Crippen LogP contribution in [0.25, 0.3) is 0 Å². The largest absolute Gasteiger partial charge is 0.416 e. The van der Waals surface area contributed by atoms with E-state index in [4.69, 9.17) is 0 Å². The Morgan fingerprint density at radius 1 is 1.24 bits per heavy atom. The summed E-state index contributed by atoms with van der Waals surface area (Å²) in [4.78, 5) is 8.66. The Morgan fingerprint density at radius 3 is 2.57 bits per heavy atom.